The van der Waals surface area contributed by atoms with Gasteiger partial charge in [-0.15, -0.1) is 0 Å². The van der Waals surface area contributed by atoms with Crippen molar-refractivity contribution >= 4 is 22.5 Å². The van der Waals surface area contributed by atoms with Crippen LogP contribution in [0.25, 0.3) is 22.0 Å². The molecule has 2 aliphatic heterocycles. The summed E-state index contributed by atoms with van der Waals surface area (Å²) >= 11 is 0. The molecule has 0 radical (unpaired) electrons. The molecule has 2 aromatic carbocycles. The number of rotatable bonds is 8. The van der Waals surface area contributed by atoms with Gasteiger partial charge in [-0.2, -0.15) is 10.5 Å². The number of aromatic nitrogens is 1. The highest BCUT2D eigenvalue weighted by Gasteiger charge is 2.46. The summed E-state index contributed by atoms with van der Waals surface area (Å²) in [5.41, 5.74) is 5.56. The van der Waals surface area contributed by atoms with Crippen LogP contribution in [0, 0.1) is 34.4 Å². The molecule has 0 spiro atoms. The Morgan fingerprint density at radius 1 is 1.16 bits per heavy atom. The van der Waals surface area contributed by atoms with Gasteiger partial charge in [0.1, 0.15) is 12.1 Å². The molecule has 2 saturated heterocycles. The van der Waals surface area contributed by atoms with Gasteiger partial charge < -0.3 is 19.4 Å². The van der Waals surface area contributed by atoms with Crippen molar-refractivity contribution in [2.45, 2.75) is 56.5 Å². The molecule has 45 heavy (non-hydrogen) atoms. The molecular formula is C36H37FN6O2. The van der Waals surface area contributed by atoms with Gasteiger partial charge >= 0.3 is 0 Å². The lowest BCUT2D eigenvalue weighted by atomic mass is 9.92. The van der Waals surface area contributed by atoms with Crippen LogP contribution in [0.1, 0.15) is 48.3 Å². The van der Waals surface area contributed by atoms with E-state index >= 15 is 4.39 Å². The minimum Gasteiger partial charge on any atom is -0.476 e. The molecule has 4 aliphatic rings. The summed E-state index contributed by atoms with van der Waals surface area (Å²) in [6.45, 7) is 6.19. The van der Waals surface area contributed by atoms with Crippen LogP contribution in [-0.2, 0) is 17.6 Å². The van der Waals surface area contributed by atoms with Gasteiger partial charge in [0.25, 0.3) is 0 Å². The van der Waals surface area contributed by atoms with Crippen LogP contribution in [0.3, 0.4) is 0 Å². The van der Waals surface area contributed by atoms with Gasteiger partial charge in [-0.1, -0.05) is 30.8 Å². The summed E-state index contributed by atoms with van der Waals surface area (Å²) in [7, 11) is 2.07. The Hall–Kier alpha value is -4.47. The van der Waals surface area contributed by atoms with Crippen molar-refractivity contribution in [2.24, 2.45) is 5.92 Å². The van der Waals surface area contributed by atoms with E-state index in [9.17, 15) is 15.3 Å². The van der Waals surface area contributed by atoms with E-state index in [4.69, 9.17) is 9.72 Å². The van der Waals surface area contributed by atoms with Crippen molar-refractivity contribution in [3.8, 4) is 29.1 Å². The highest BCUT2D eigenvalue weighted by atomic mass is 19.1. The number of anilines is 1. The number of piperazine rings is 1. The van der Waals surface area contributed by atoms with Crippen LogP contribution in [0.15, 0.2) is 43.0 Å². The number of nitrogens with zero attached hydrogens (tertiary/aromatic N) is 6. The predicted molar refractivity (Wildman–Crippen MR) is 170 cm³/mol. The van der Waals surface area contributed by atoms with Crippen molar-refractivity contribution in [2.75, 3.05) is 44.7 Å². The second-order valence-corrected chi connectivity index (χ2v) is 12.9. The number of pyridine rings is 1. The third-order valence-electron chi connectivity index (χ3n) is 10.3. The first kappa shape index (κ1) is 29.3. The van der Waals surface area contributed by atoms with Crippen molar-refractivity contribution in [3.63, 3.8) is 0 Å². The Morgan fingerprint density at radius 2 is 2.02 bits per heavy atom. The first-order chi connectivity index (χ1) is 21.9. The maximum atomic E-state index is 16.9. The molecule has 4 unspecified atom stereocenters. The molecule has 1 aromatic heterocycles. The molecule has 8 nitrogen and oxygen atoms in total. The van der Waals surface area contributed by atoms with E-state index in [2.05, 4.69) is 41.6 Å². The van der Waals surface area contributed by atoms with E-state index in [0.717, 1.165) is 37.8 Å². The zero-order valence-corrected chi connectivity index (χ0v) is 25.6. The van der Waals surface area contributed by atoms with E-state index in [1.807, 2.05) is 24.3 Å². The zero-order valence-electron chi connectivity index (χ0n) is 25.6. The Labute approximate surface area is 263 Å². The van der Waals surface area contributed by atoms with Crippen molar-refractivity contribution in [3.05, 3.63) is 65.5 Å². The fourth-order valence-corrected chi connectivity index (χ4v) is 7.91. The summed E-state index contributed by atoms with van der Waals surface area (Å²) in [5.74, 6) is 0.829. The van der Waals surface area contributed by atoms with Gasteiger partial charge in [0, 0.05) is 36.6 Å². The number of halogens is 1. The minimum atomic E-state index is -0.397. The molecule has 2 aliphatic carbocycles. The largest absolute Gasteiger partial charge is 0.476 e. The summed E-state index contributed by atoms with van der Waals surface area (Å²) in [6.07, 6.45) is 5.75. The van der Waals surface area contributed by atoms with Gasteiger partial charge in [0.05, 0.1) is 42.3 Å². The number of amides is 1. The molecule has 4 atom stereocenters. The quantitative estimate of drug-likeness (QED) is 0.320. The summed E-state index contributed by atoms with van der Waals surface area (Å²) in [5, 5.41) is 20.2. The third kappa shape index (κ3) is 5.10. The molecule has 1 amide bonds. The van der Waals surface area contributed by atoms with Gasteiger partial charge in [0.15, 0.2) is 5.82 Å². The molecule has 9 heteroatoms. The fraction of sp³-hybridized carbons (Fsp3) is 0.444. The monoisotopic (exact) mass is 604 g/mol. The van der Waals surface area contributed by atoms with Crippen LogP contribution >= 0.6 is 0 Å². The van der Waals surface area contributed by atoms with Gasteiger partial charge in [-0.05, 0) is 79.9 Å². The number of benzene rings is 2. The number of ether oxygens (including phenoxy) is 1. The molecular weight excluding hydrogens is 567 g/mol. The van der Waals surface area contributed by atoms with Crippen LogP contribution in [0.4, 0.5) is 10.1 Å². The lowest BCUT2D eigenvalue weighted by molar-refractivity contribution is -0.128. The number of nitriles is 2. The Bertz CT molecular complexity index is 1780. The molecule has 7 rings (SSSR count). The number of fused-ring (bicyclic) bond motifs is 4. The molecule has 3 heterocycles. The van der Waals surface area contributed by atoms with E-state index in [-0.39, 0.29) is 42.2 Å². The first-order valence-corrected chi connectivity index (χ1v) is 16.0. The summed E-state index contributed by atoms with van der Waals surface area (Å²) < 4.78 is 23.3. The predicted octanol–water partition coefficient (Wildman–Crippen LogP) is 5.36. The topological polar surface area (TPSA) is 96.5 Å². The van der Waals surface area contributed by atoms with Gasteiger partial charge in [-0.3, -0.25) is 4.79 Å². The number of hydrogen-bond donors (Lipinski definition) is 0. The lowest BCUT2D eigenvalue weighted by Gasteiger charge is -2.42. The minimum absolute atomic E-state index is 0.0292. The number of likely N-dealkylation sites (N-methyl/N-ethyl adjacent to an activating group) is 1. The maximum Gasteiger partial charge on any atom is 0.246 e. The van der Waals surface area contributed by atoms with E-state index in [1.165, 1.54) is 17.2 Å². The Balaban J connectivity index is 1.37. The smallest absolute Gasteiger partial charge is 0.246 e. The molecule has 0 N–H and O–H groups in total. The fourth-order valence-electron chi connectivity index (χ4n) is 7.91. The number of carbonyl (C=O) groups is 1. The highest BCUT2D eigenvalue weighted by Crippen LogP contribution is 2.59. The Morgan fingerprint density at radius 3 is 2.78 bits per heavy atom. The van der Waals surface area contributed by atoms with Gasteiger partial charge in [0.2, 0.25) is 11.8 Å². The van der Waals surface area contributed by atoms with E-state index in [1.54, 1.807) is 4.90 Å². The van der Waals surface area contributed by atoms with E-state index < -0.39 is 5.82 Å². The molecule has 230 valence electrons. The van der Waals surface area contributed by atoms with Crippen LogP contribution in [0.2, 0.25) is 0 Å². The number of hydrogen-bond acceptors (Lipinski definition) is 7. The SMILES string of the molecule is C=CC(=O)N1CCN(c2c(CC#N)c(OCC3CCCN3C)nc3c(F)c(-c4cccc5c4C4CC4C5)ccc23)CC1CC#N. The van der Waals surface area contributed by atoms with Crippen molar-refractivity contribution in [1.82, 2.24) is 14.8 Å². The number of carbonyl (C=O) groups excluding carboxylic acids is 1. The molecule has 3 aromatic rings. The van der Waals surface area contributed by atoms with Crippen LogP contribution in [0.5, 0.6) is 5.88 Å². The highest BCUT2D eigenvalue weighted by molar-refractivity contribution is 5.98. The summed E-state index contributed by atoms with van der Waals surface area (Å²) in [6, 6.07) is 14.3. The summed E-state index contributed by atoms with van der Waals surface area (Å²) in [4.78, 5) is 23.5. The maximum absolute atomic E-state index is 16.9. The zero-order chi connectivity index (χ0) is 31.2. The third-order valence-corrected chi connectivity index (χ3v) is 10.3. The van der Waals surface area contributed by atoms with Gasteiger partial charge in [-0.25, -0.2) is 9.37 Å². The van der Waals surface area contributed by atoms with Crippen molar-refractivity contribution in [1.29, 1.82) is 10.5 Å². The molecule has 1 saturated carbocycles. The molecule has 0 bridgehead atoms. The van der Waals surface area contributed by atoms with Crippen molar-refractivity contribution < 1.29 is 13.9 Å². The first-order valence-electron chi connectivity index (χ1n) is 16.0. The molecule has 3 fully saturated rings. The normalized spacial score (nSPS) is 23.7. The standard InChI is InChI=1S/C36H37FN6O2/c1-3-31(44)43-17-16-42(20-24(43)11-13-38)35-28-10-9-27(26-8-4-6-22-18-23-19-30(23)32(22)26)33(37)34(28)40-36(29(35)12-14-39)45-21-25-7-5-15-41(25)2/h3-4,6,8-10,23-25,30H,1,5,7,11-12,15-21H2,2H3. The van der Waals surface area contributed by atoms with E-state index in [0.29, 0.717) is 60.3 Å². The number of likely N-dealkylation sites (tertiary alicyclic amines) is 1. The average Bonchev–Trinajstić information content (AvgIpc) is 3.52. The average molecular weight is 605 g/mol. The Kier molecular flexibility index (Phi) is 7.67. The van der Waals surface area contributed by atoms with Crippen LogP contribution in [-0.4, -0.2) is 72.6 Å². The second-order valence-electron chi connectivity index (χ2n) is 12.9. The van der Waals surface area contributed by atoms with Crippen LogP contribution < -0.4 is 9.64 Å². The second kappa shape index (κ2) is 11.8. The lowest BCUT2D eigenvalue weighted by Crippen LogP contribution is -2.55.